The molecule has 0 spiro atoms. The van der Waals surface area contributed by atoms with E-state index in [1.54, 1.807) is 7.11 Å². The van der Waals surface area contributed by atoms with Crippen LogP contribution in [0.15, 0.2) is 24.3 Å². The Balaban J connectivity index is 2.16. The second kappa shape index (κ2) is 3.89. The number of methoxy groups -OCH3 is 1. The van der Waals surface area contributed by atoms with Crippen LogP contribution in [0.5, 0.6) is 5.75 Å². The van der Waals surface area contributed by atoms with Crippen LogP contribution in [0.25, 0.3) is 5.69 Å². The maximum absolute atomic E-state index is 5.38. The van der Waals surface area contributed by atoms with Gasteiger partial charge in [-0.3, -0.25) is 0 Å². The maximum atomic E-state index is 5.38. The molecule has 0 fully saturated rings. The van der Waals surface area contributed by atoms with Crippen molar-refractivity contribution in [2.75, 3.05) is 7.11 Å². The maximum Gasteiger partial charge on any atom is 0.144 e. The van der Waals surface area contributed by atoms with Crippen molar-refractivity contribution in [2.45, 2.75) is 20.0 Å². The summed E-state index contributed by atoms with van der Waals surface area (Å²) in [4.78, 5) is 0. The molecule has 3 rings (SSSR count). The third-order valence-electron chi connectivity index (χ3n) is 3.23. The molecule has 2 heterocycles. The number of nitrogens with one attached hydrogen (secondary N) is 1. The first-order valence-corrected chi connectivity index (χ1v) is 5.72. The molecule has 17 heavy (non-hydrogen) atoms. The summed E-state index contributed by atoms with van der Waals surface area (Å²) in [6.45, 7) is 3.87. The fourth-order valence-corrected chi connectivity index (χ4v) is 2.31. The highest BCUT2D eigenvalue weighted by atomic mass is 16.5. The number of hydrogen-bond donors (Lipinski definition) is 1. The minimum absolute atomic E-state index is 0.852. The Morgan fingerprint density at radius 1 is 1.29 bits per heavy atom. The molecule has 0 saturated heterocycles. The predicted octanol–water partition coefficient (Wildman–Crippen LogP) is 1.79. The van der Waals surface area contributed by atoms with Crippen LogP contribution in [0.3, 0.4) is 0 Å². The molecule has 1 aromatic carbocycles. The van der Waals surface area contributed by atoms with Crippen molar-refractivity contribution in [3.8, 4) is 11.4 Å². The summed E-state index contributed by atoms with van der Waals surface area (Å²) in [5.74, 6) is 0.852. The predicted molar refractivity (Wildman–Crippen MR) is 65.4 cm³/mol. The van der Waals surface area contributed by atoms with Crippen molar-refractivity contribution >= 4 is 0 Å². The van der Waals surface area contributed by atoms with E-state index in [0.29, 0.717) is 0 Å². The molecule has 0 radical (unpaired) electrons. The number of fused-ring (bicyclic) bond motifs is 1. The van der Waals surface area contributed by atoms with E-state index < -0.39 is 0 Å². The lowest BCUT2D eigenvalue weighted by Crippen LogP contribution is -2.08. The zero-order chi connectivity index (χ0) is 11.8. The van der Waals surface area contributed by atoms with Gasteiger partial charge in [-0.1, -0.05) is 12.1 Å². The largest absolute Gasteiger partial charge is 0.494 e. The van der Waals surface area contributed by atoms with Gasteiger partial charge in [0.25, 0.3) is 0 Å². The van der Waals surface area contributed by atoms with Gasteiger partial charge >= 0.3 is 0 Å². The average Bonchev–Trinajstić information content (AvgIpc) is 2.93. The fraction of sp³-hybridized carbons (Fsp3) is 0.308. The Morgan fingerprint density at radius 3 is 2.88 bits per heavy atom. The quantitative estimate of drug-likeness (QED) is 0.853. The van der Waals surface area contributed by atoms with Gasteiger partial charge in [0.2, 0.25) is 0 Å². The van der Waals surface area contributed by atoms with Crippen LogP contribution < -0.4 is 10.1 Å². The summed E-state index contributed by atoms with van der Waals surface area (Å²) < 4.78 is 7.36. The van der Waals surface area contributed by atoms with Crippen molar-refractivity contribution in [1.29, 1.82) is 0 Å². The third-order valence-corrected chi connectivity index (χ3v) is 3.23. The highest BCUT2D eigenvalue weighted by Gasteiger charge is 2.20. The molecule has 0 amide bonds. The van der Waals surface area contributed by atoms with Crippen LogP contribution in [-0.4, -0.2) is 16.9 Å². The highest BCUT2D eigenvalue weighted by Crippen LogP contribution is 2.27. The van der Waals surface area contributed by atoms with E-state index in [1.165, 1.54) is 11.3 Å². The van der Waals surface area contributed by atoms with Gasteiger partial charge in [0.15, 0.2) is 0 Å². The van der Waals surface area contributed by atoms with Crippen molar-refractivity contribution in [3.05, 3.63) is 41.2 Å². The Morgan fingerprint density at radius 2 is 2.12 bits per heavy atom. The normalized spacial score (nSPS) is 13.8. The topological polar surface area (TPSA) is 39.1 Å². The summed E-state index contributed by atoms with van der Waals surface area (Å²) in [7, 11) is 1.69. The monoisotopic (exact) mass is 229 g/mol. The summed E-state index contributed by atoms with van der Waals surface area (Å²) in [5, 5.41) is 7.95. The minimum Gasteiger partial charge on any atom is -0.494 e. The number of ether oxygens (including phenoxy) is 1. The molecular weight excluding hydrogens is 214 g/mol. The Kier molecular flexibility index (Phi) is 2.37. The van der Waals surface area contributed by atoms with Gasteiger partial charge < -0.3 is 10.1 Å². The van der Waals surface area contributed by atoms with E-state index in [2.05, 4.69) is 17.3 Å². The molecule has 1 N–H and O–H groups in total. The highest BCUT2D eigenvalue weighted by molar-refractivity contribution is 5.48. The Bertz CT molecular complexity index is 560. The van der Waals surface area contributed by atoms with E-state index in [-0.39, 0.29) is 0 Å². The van der Waals surface area contributed by atoms with E-state index in [9.17, 15) is 0 Å². The van der Waals surface area contributed by atoms with Crippen LogP contribution >= 0.6 is 0 Å². The first kappa shape index (κ1) is 10.4. The number of aromatic nitrogens is 2. The number of nitrogens with zero attached hydrogens (tertiary/aromatic N) is 2. The SMILES string of the molecule is COc1ccccc1-n1nc2c(c1C)CNC2. The molecule has 0 atom stereocenters. The molecule has 2 aromatic rings. The fourth-order valence-electron chi connectivity index (χ4n) is 2.31. The molecule has 0 bridgehead atoms. The van der Waals surface area contributed by atoms with Crippen LogP contribution in [0.1, 0.15) is 17.0 Å². The van der Waals surface area contributed by atoms with Gasteiger partial charge in [0, 0.05) is 24.3 Å². The summed E-state index contributed by atoms with van der Waals surface area (Å²) in [5.41, 5.74) is 4.65. The minimum atomic E-state index is 0.852. The summed E-state index contributed by atoms with van der Waals surface area (Å²) in [6.07, 6.45) is 0. The van der Waals surface area contributed by atoms with Gasteiger partial charge in [-0.05, 0) is 19.1 Å². The zero-order valence-electron chi connectivity index (χ0n) is 10.0. The van der Waals surface area contributed by atoms with Gasteiger partial charge in [-0.2, -0.15) is 5.10 Å². The average molecular weight is 229 g/mol. The lowest BCUT2D eigenvalue weighted by Gasteiger charge is -2.10. The first-order valence-electron chi connectivity index (χ1n) is 5.72. The van der Waals surface area contributed by atoms with Crippen molar-refractivity contribution in [3.63, 3.8) is 0 Å². The van der Waals surface area contributed by atoms with Crippen molar-refractivity contribution in [1.82, 2.24) is 15.1 Å². The van der Waals surface area contributed by atoms with Crippen molar-refractivity contribution < 1.29 is 4.74 Å². The first-order chi connectivity index (χ1) is 8.31. The number of benzene rings is 1. The Labute approximate surface area is 100 Å². The standard InChI is InChI=1S/C13H15N3O/c1-9-10-7-14-8-11(10)15-16(9)12-5-3-4-6-13(12)17-2/h3-6,14H,7-8H2,1-2H3. The molecule has 0 unspecified atom stereocenters. The van der Waals surface area contributed by atoms with Gasteiger partial charge in [0.05, 0.1) is 12.8 Å². The van der Waals surface area contributed by atoms with E-state index >= 15 is 0 Å². The molecule has 88 valence electrons. The second-order valence-corrected chi connectivity index (χ2v) is 4.20. The smallest absolute Gasteiger partial charge is 0.144 e. The van der Waals surface area contributed by atoms with Crippen molar-refractivity contribution in [2.24, 2.45) is 0 Å². The van der Waals surface area contributed by atoms with Crippen LogP contribution in [-0.2, 0) is 13.1 Å². The van der Waals surface area contributed by atoms with Crippen LogP contribution in [0, 0.1) is 6.92 Å². The molecule has 1 aliphatic heterocycles. The summed E-state index contributed by atoms with van der Waals surface area (Å²) in [6, 6.07) is 7.96. The number of hydrogen-bond acceptors (Lipinski definition) is 3. The molecule has 1 aliphatic rings. The molecule has 1 aromatic heterocycles. The van der Waals surface area contributed by atoms with E-state index in [0.717, 1.165) is 30.2 Å². The Hall–Kier alpha value is -1.81. The second-order valence-electron chi connectivity index (χ2n) is 4.20. The molecule has 4 nitrogen and oxygen atoms in total. The van der Waals surface area contributed by atoms with Crippen LogP contribution in [0.4, 0.5) is 0 Å². The van der Waals surface area contributed by atoms with E-state index in [4.69, 9.17) is 4.74 Å². The summed E-state index contributed by atoms with van der Waals surface area (Å²) >= 11 is 0. The van der Waals surface area contributed by atoms with Gasteiger partial charge in [-0.15, -0.1) is 0 Å². The lowest BCUT2D eigenvalue weighted by atomic mass is 10.2. The van der Waals surface area contributed by atoms with Gasteiger partial charge in [0.1, 0.15) is 11.4 Å². The molecular formula is C13H15N3O. The number of rotatable bonds is 2. The molecule has 0 saturated carbocycles. The lowest BCUT2D eigenvalue weighted by molar-refractivity contribution is 0.411. The zero-order valence-corrected chi connectivity index (χ0v) is 10.0. The molecule has 0 aliphatic carbocycles. The number of para-hydroxylation sites is 2. The molecule has 4 heteroatoms. The van der Waals surface area contributed by atoms with Gasteiger partial charge in [-0.25, -0.2) is 4.68 Å². The van der Waals surface area contributed by atoms with E-state index in [1.807, 2.05) is 28.9 Å². The van der Waals surface area contributed by atoms with Crippen LogP contribution in [0.2, 0.25) is 0 Å². The third kappa shape index (κ3) is 1.52.